The Hall–Kier alpha value is -4.35. The van der Waals surface area contributed by atoms with Crippen LogP contribution < -0.4 is 10.1 Å². The molecule has 0 aliphatic carbocycles. The molecular weight excluding hydrogens is 495 g/mol. The maximum atomic E-state index is 13.5. The van der Waals surface area contributed by atoms with E-state index in [2.05, 4.69) is 5.32 Å². The maximum Gasteiger partial charge on any atom is 0.418 e. The van der Waals surface area contributed by atoms with Crippen LogP contribution in [0.3, 0.4) is 0 Å². The smallest absolute Gasteiger partial charge is 0.418 e. The van der Waals surface area contributed by atoms with Crippen molar-refractivity contribution in [3.8, 4) is 5.75 Å². The largest absolute Gasteiger partial charge is 0.493 e. The van der Waals surface area contributed by atoms with Gasteiger partial charge in [0.1, 0.15) is 11.4 Å². The zero-order valence-electron chi connectivity index (χ0n) is 19.9. The van der Waals surface area contributed by atoms with E-state index in [4.69, 9.17) is 9.84 Å². The number of carbonyl (C=O) groups excluding carboxylic acids is 1. The molecule has 0 aliphatic heterocycles. The number of nitrogens with one attached hydrogen (secondary N) is 1. The normalized spacial score (nSPS) is 11.4. The van der Waals surface area contributed by atoms with Crippen LogP contribution in [0.2, 0.25) is 0 Å². The molecular formula is C25H24F3N3O6. The van der Waals surface area contributed by atoms with E-state index in [1.165, 1.54) is 24.3 Å². The Morgan fingerprint density at radius 1 is 1.14 bits per heavy atom. The molecule has 1 aromatic heterocycles. The summed E-state index contributed by atoms with van der Waals surface area (Å²) in [5.41, 5.74) is -0.869. The number of benzene rings is 2. The third-order valence-electron chi connectivity index (χ3n) is 5.40. The SMILES string of the molecule is CC(C)n1c(CCOc2cccc([N+](=O)[O-])c2)ccc1C(=O)Nc1cc(CC(=O)O)ccc1C(F)(F)F. The van der Waals surface area contributed by atoms with Crippen LogP contribution in [0.4, 0.5) is 24.5 Å². The second-order valence-corrected chi connectivity index (χ2v) is 8.43. The van der Waals surface area contributed by atoms with Crippen molar-refractivity contribution in [2.75, 3.05) is 11.9 Å². The van der Waals surface area contributed by atoms with Gasteiger partial charge in [0.05, 0.1) is 35.3 Å². The van der Waals surface area contributed by atoms with Crippen LogP contribution in [0.1, 0.15) is 47.2 Å². The summed E-state index contributed by atoms with van der Waals surface area (Å²) in [6.07, 6.45) is -4.95. The van der Waals surface area contributed by atoms with E-state index in [0.717, 1.165) is 18.2 Å². The quantitative estimate of drug-likeness (QED) is 0.269. The fourth-order valence-electron chi connectivity index (χ4n) is 3.86. The van der Waals surface area contributed by atoms with Gasteiger partial charge in [0.25, 0.3) is 11.6 Å². The summed E-state index contributed by atoms with van der Waals surface area (Å²) in [7, 11) is 0. The Morgan fingerprint density at radius 2 is 1.86 bits per heavy atom. The van der Waals surface area contributed by atoms with Gasteiger partial charge in [-0.3, -0.25) is 19.7 Å². The molecule has 0 unspecified atom stereocenters. The number of hydrogen-bond acceptors (Lipinski definition) is 5. The number of alkyl halides is 3. The molecule has 0 bridgehead atoms. The molecule has 0 atom stereocenters. The number of ether oxygens (including phenoxy) is 1. The lowest BCUT2D eigenvalue weighted by atomic mass is 10.1. The molecule has 3 rings (SSSR count). The van der Waals surface area contributed by atoms with Crippen molar-refractivity contribution in [3.63, 3.8) is 0 Å². The number of hydrogen-bond donors (Lipinski definition) is 2. The third kappa shape index (κ3) is 6.87. The number of rotatable bonds is 10. The highest BCUT2D eigenvalue weighted by Gasteiger charge is 2.34. The number of carboxylic acids is 1. The minimum Gasteiger partial charge on any atom is -0.493 e. The fraction of sp³-hybridized carbons (Fsp3) is 0.280. The van der Waals surface area contributed by atoms with E-state index >= 15 is 0 Å². The summed E-state index contributed by atoms with van der Waals surface area (Å²) in [6, 6.07) is 11.4. The molecule has 9 nitrogen and oxygen atoms in total. The first-order valence-corrected chi connectivity index (χ1v) is 11.2. The Balaban J connectivity index is 1.81. The molecule has 3 aromatic rings. The summed E-state index contributed by atoms with van der Waals surface area (Å²) in [5, 5.41) is 22.2. The van der Waals surface area contributed by atoms with Gasteiger partial charge in [-0.1, -0.05) is 12.1 Å². The van der Waals surface area contributed by atoms with Gasteiger partial charge < -0.3 is 19.7 Å². The molecule has 1 heterocycles. The number of halogens is 3. The van der Waals surface area contributed by atoms with Crippen LogP contribution in [0.5, 0.6) is 5.75 Å². The van der Waals surface area contributed by atoms with Crippen molar-refractivity contribution >= 4 is 23.3 Å². The number of nitrogens with zero attached hydrogens (tertiary/aromatic N) is 2. The molecule has 12 heteroatoms. The number of carboxylic acid groups (broad SMARTS) is 1. The second kappa shape index (κ2) is 11.1. The van der Waals surface area contributed by atoms with E-state index in [1.54, 1.807) is 30.5 Å². The van der Waals surface area contributed by atoms with E-state index < -0.39 is 40.6 Å². The van der Waals surface area contributed by atoms with Gasteiger partial charge in [-0.2, -0.15) is 13.2 Å². The van der Waals surface area contributed by atoms with E-state index in [-0.39, 0.29) is 29.6 Å². The summed E-state index contributed by atoms with van der Waals surface area (Å²) in [5.74, 6) is -1.71. The number of nitro benzene ring substituents is 1. The number of anilines is 1. The van der Waals surface area contributed by atoms with Crippen LogP contribution in [-0.4, -0.2) is 33.1 Å². The Kier molecular flexibility index (Phi) is 8.21. The molecule has 0 aliphatic rings. The lowest BCUT2D eigenvalue weighted by Gasteiger charge is -2.19. The third-order valence-corrected chi connectivity index (χ3v) is 5.40. The average Bonchev–Trinajstić information content (AvgIpc) is 3.22. The monoisotopic (exact) mass is 519 g/mol. The number of aliphatic carboxylic acids is 1. The Labute approximate surface area is 209 Å². The highest BCUT2D eigenvalue weighted by molar-refractivity contribution is 6.04. The molecule has 1 amide bonds. The summed E-state index contributed by atoms with van der Waals surface area (Å²) in [4.78, 5) is 34.4. The van der Waals surface area contributed by atoms with Gasteiger partial charge >= 0.3 is 12.1 Å². The Morgan fingerprint density at radius 3 is 2.49 bits per heavy atom. The fourth-order valence-corrected chi connectivity index (χ4v) is 3.86. The zero-order chi connectivity index (χ0) is 27.3. The highest BCUT2D eigenvalue weighted by Crippen LogP contribution is 2.36. The minimum absolute atomic E-state index is 0.106. The van der Waals surface area contributed by atoms with Crippen LogP contribution in [-0.2, 0) is 23.8 Å². The van der Waals surface area contributed by atoms with Crippen LogP contribution in [0.15, 0.2) is 54.6 Å². The van der Waals surface area contributed by atoms with Crippen LogP contribution in [0, 0.1) is 10.1 Å². The van der Waals surface area contributed by atoms with E-state index in [9.17, 15) is 32.9 Å². The highest BCUT2D eigenvalue weighted by atomic mass is 19.4. The van der Waals surface area contributed by atoms with E-state index in [0.29, 0.717) is 17.9 Å². The molecule has 0 saturated heterocycles. The molecule has 0 spiro atoms. The molecule has 37 heavy (non-hydrogen) atoms. The maximum absolute atomic E-state index is 13.5. The van der Waals surface area contributed by atoms with Crippen molar-refractivity contribution in [3.05, 3.63) is 87.2 Å². The van der Waals surface area contributed by atoms with Gasteiger partial charge in [0.15, 0.2) is 0 Å². The molecule has 2 aromatic carbocycles. The number of carbonyl (C=O) groups is 2. The van der Waals surface area contributed by atoms with Crippen LogP contribution >= 0.6 is 0 Å². The van der Waals surface area contributed by atoms with Crippen molar-refractivity contribution < 1.29 is 37.5 Å². The van der Waals surface area contributed by atoms with Crippen molar-refractivity contribution in [2.45, 2.75) is 38.9 Å². The van der Waals surface area contributed by atoms with Crippen LogP contribution in [0.25, 0.3) is 0 Å². The summed E-state index contributed by atoms with van der Waals surface area (Å²) >= 11 is 0. The predicted octanol–water partition coefficient (Wildman–Crippen LogP) is 5.50. The van der Waals surface area contributed by atoms with Gasteiger partial charge in [-0.05, 0) is 49.7 Å². The minimum atomic E-state index is -4.76. The van der Waals surface area contributed by atoms with Crippen molar-refractivity contribution in [1.82, 2.24) is 4.57 Å². The topological polar surface area (TPSA) is 124 Å². The lowest BCUT2D eigenvalue weighted by Crippen LogP contribution is -2.22. The molecule has 2 N–H and O–H groups in total. The predicted molar refractivity (Wildman–Crippen MR) is 128 cm³/mol. The summed E-state index contributed by atoms with van der Waals surface area (Å²) in [6.45, 7) is 3.74. The molecule has 0 fully saturated rings. The molecule has 0 saturated carbocycles. The van der Waals surface area contributed by atoms with E-state index in [1.807, 2.05) is 0 Å². The number of amides is 1. The number of non-ortho nitro benzene ring substituents is 1. The lowest BCUT2D eigenvalue weighted by molar-refractivity contribution is -0.384. The standard InChI is InChI=1S/C25H24F3N3O6/c1-15(2)30-17(10-11-37-19-5-3-4-18(14-19)31(35)36)7-9-22(30)24(34)29-21-12-16(13-23(32)33)6-8-20(21)25(26,27)28/h3-9,12,14-15H,10-11,13H2,1-2H3,(H,29,34)(H,32,33). The first-order valence-electron chi connectivity index (χ1n) is 11.2. The van der Waals surface area contributed by atoms with Gasteiger partial charge in [0.2, 0.25) is 0 Å². The molecule has 196 valence electrons. The summed E-state index contributed by atoms with van der Waals surface area (Å²) < 4.78 is 47.9. The zero-order valence-corrected chi connectivity index (χ0v) is 19.9. The molecule has 0 radical (unpaired) electrons. The number of aromatic nitrogens is 1. The second-order valence-electron chi connectivity index (χ2n) is 8.43. The van der Waals surface area contributed by atoms with Gasteiger partial charge in [0, 0.05) is 24.2 Å². The first-order chi connectivity index (χ1) is 17.4. The van der Waals surface area contributed by atoms with Gasteiger partial charge in [-0.25, -0.2) is 0 Å². The van der Waals surface area contributed by atoms with Crippen molar-refractivity contribution in [2.24, 2.45) is 0 Å². The van der Waals surface area contributed by atoms with Crippen molar-refractivity contribution in [1.29, 1.82) is 0 Å². The first kappa shape index (κ1) is 27.2. The Bertz CT molecular complexity index is 1320. The number of nitro groups is 1. The van der Waals surface area contributed by atoms with Gasteiger partial charge in [-0.15, -0.1) is 0 Å². The average molecular weight is 519 g/mol.